The molecule has 3 saturated heterocycles. The van der Waals surface area contributed by atoms with Crippen molar-refractivity contribution in [3.8, 4) is 0 Å². The van der Waals surface area contributed by atoms with Crippen molar-refractivity contribution in [1.82, 2.24) is 5.32 Å². The number of ether oxygens (including phenoxy) is 6. The van der Waals surface area contributed by atoms with Gasteiger partial charge in [-0.05, 0) is 96.3 Å². The summed E-state index contributed by atoms with van der Waals surface area (Å²) in [5, 5.41) is 120. The van der Waals surface area contributed by atoms with E-state index in [0.717, 1.165) is 103 Å². The number of unbranched alkanes of at least 4 members (excludes halogenated alkanes) is 17. The lowest BCUT2D eigenvalue weighted by Crippen LogP contribution is -2.66. The Kier molecular flexibility index (Phi) is 47.8. The van der Waals surface area contributed by atoms with Crippen LogP contribution in [0.2, 0.25) is 0 Å². The van der Waals surface area contributed by atoms with Gasteiger partial charge >= 0.3 is 0 Å². The molecule has 3 rings (SSSR count). The Hall–Kier alpha value is -3.81. The average molecular weight is 1300 g/mol. The smallest absolute Gasteiger partial charge is 0.220 e. The van der Waals surface area contributed by atoms with Gasteiger partial charge in [-0.2, -0.15) is 0 Å². The zero-order valence-electron chi connectivity index (χ0n) is 55.5. The largest absolute Gasteiger partial charge is 0.394 e. The Morgan fingerprint density at radius 1 is 0.402 bits per heavy atom. The number of hydrogen-bond acceptors (Lipinski definition) is 18. The number of allylic oxidation sites excluding steroid dienone is 19. The summed E-state index contributed by atoms with van der Waals surface area (Å²) in [5.74, 6) is -0.297. The summed E-state index contributed by atoms with van der Waals surface area (Å²) in [4.78, 5) is 13.4. The summed E-state index contributed by atoms with van der Waals surface area (Å²) in [6.07, 6.45) is 46.2. The van der Waals surface area contributed by atoms with Crippen LogP contribution in [0, 0.1) is 0 Å². The van der Waals surface area contributed by atoms with Crippen LogP contribution in [0.4, 0.5) is 0 Å². The van der Waals surface area contributed by atoms with Crippen molar-refractivity contribution in [1.29, 1.82) is 0 Å². The van der Waals surface area contributed by atoms with Crippen molar-refractivity contribution >= 4 is 5.91 Å². The molecule has 3 aliphatic rings. The highest BCUT2D eigenvalue weighted by atomic mass is 16.8. The third kappa shape index (κ3) is 34.7. The van der Waals surface area contributed by atoms with Gasteiger partial charge in [-0.1, -0.05) is 219 Å². The monoisotopic (exact) mass is 1300 g/mol. The number of rotatable bonds is 51. The number of carbonyl (C=O) groups is 1. The van der Waals surface area contributed by atoms with Crippen molar-refractivity contribution in [2.45, 2.75) is 304 Å². The van der Waals surface area contributed by atoms with Crippen LogP contribution in [0.5, 0.6) is 0 Å². The minimum absolute atomic E-state index is 0.222. The van der Waals surface area contributed by atoms with E-state index in [2.05, 4.69) is 129 Å². The van der Waals surface area contributed by atoms with Gasteiger partial charge < -0.3 is 89.9 Å². The standard InChI is InChI=1S/C73H121NO18/c1-3-5-7-9-11-13-15-17-18-19-20-21-22-23-24-25-26-27-28-29-30-31-32-33-34-35-36-37-38-39-41-43-45-47-49-51-61(79)74-56(57(78)50-48-46-44-42-40-16-14-12-10-8-6-4-2)55-87-71-67(85)64(82)69(59(53-76)89-71)92-73-68(86)65(83)70(60(54-77)90-73)91-72-66(84)63(81)62(80)58(52-75)88-72/h5,7,11,13,17-18,20-21,23-24,26-27,29-30,32-33,40,42,48,50,56-60,62-73,75-78,80-86H,3-4,6,8-10,12,14-16,19,22,25,28,31,34-39,41,43-47,49,51-55H2,1-2H3,(H,74,79)/b7-5-,13-11-,18-17-,21-20-,24-23-,27-26-,30-29-,33-32-,42-40+,50-48+. The Morgan fingerprint density at radius 2 is 0.761 bits per heavy atom. The van der Waals surface area contributed by atoms with Crippen molar-refractivity contribution in [2.24, 2.45) is 0 Å². The van der Waals surface area contributed by atoms with Crippen LogP contribution in [-0.2, 0) is 33.2 Å². The fraction of sp³-hybridized carbons (Fsp3) is 0.712. The van der Waals surface area contributed by atoms with Gasteiger partial charge in [-0.25, -0.2) is 0 Å². The first-order valence-electron chi connectivity index (χ1n) is 34.8. The Bertz CT molecular complexity index is 2140. The molecule has 19 heteroatoms. The van der Waals surface area contributed by atoms with Crippen LogP contribution in [0.25, 0.3) is 0 Å². The molecule has 0 aromatic heterocycles. The molecular formula is C73H121NO18. The summed E-state index contributed by atoms with van der Waals surface area (Å²) >= 11 is 0. The van der Waals surface area contributed by atoms with Crippen molar-refractivity contribution in [3.63, 3.8) is 0 Å². The first kappa shape index (κ1) is 82.4. The highest BCUT2D eigenvalue weighted by Crippen LogP contribution is 2.33. The van der Waals surface area contributed by atoms with E-state index in [4.69, 9.17) is 28.4 Å². The van der Waals surface area contributed by atoms with E-state index in [1.54, 1.807) is 6.08 Å². The van der Waals surface area contributed by atoms with Crippen molar-refractivity contribution < 1.29 is 89.4 Å². The lowest BCUT2D eigenvalue weighted by Gasteiger charge is -2.48. The summed E-state index contributed by atoms with van der Waals surface area (Å²) in [6.45, 7) is 1.54. The summed E-state index contributed by atoms with van der Waals surface area (Å²) in [7, 11) is 0. The molecule has 0 aromatic carbocycles. The molecule has 3 aliphatic heterocycles. The fourth-order valence-electron chi connectivity index (χ4n) is 10.9. The minimum atomic E-state index is -1.99. The Balaban J connectivity index is 1.37. The van der Waals surface area contributed by atoms with E-state index in [-0.39, 0.29) is 18.9 Å². The van der Waals surface area contributed by atoms with E-state index in [1.165, 1.54) is 64.2 Å². The molecule has 19 nitrogen and oxygen atoms in total. The molecule has 0 saturated carbocycles. The third-order valence-corrected chi connectivity index (χ3v) is 16.5. The van der Waals surface area contributed by atoms with Crippen LogP contribution in [-0.4, -0.2) is 193 Å². The zero-order chi connectivity index (χ0) is 66.8. The third-order valence-electron chi connectivity index (χ3n) is 16.5. The predicted octanol–water partition coefficient (Wildman–Crippen LogP) is 9.21. The van der Waals surface area contributed by atoms with Gasteiger partial charge in [0, 0.05) is 6.42 Å². The molecule has 12 N–H and O–H groups in total. The molecule has 17 atom stereocenters. The van der Waals surface area contributed by atoms with E-state index in [9.17, 15) is 61.0 Å². The second kappa shape index (κ2) is 53.3. The second-order valence-corrected chi connectivity index (χ2v) is 24.2. The van der Waals surface area contributed by atoms with Crippen LogP contribution >= 0.6 is 0 Å². The normalized spacial score (nSPS) is 28.5. The number of amides is 1. The van der Waals surface area contributed by atoms with Crippen molar-refractivity contribution in [2.75, 3.05) is 26.4 Å². The zero-order valence-corrected chi connectivity index (χ0v) is 55.5. The molecule has 92 heavy (non-hydrogen) atoms. The highest BCUT2D eigenvalue weighted by Gasteiger charge is 2.53. The second-order valence-electron chi connectivity index (χ2n) is 24.2. The Morgan fingerprint density at radius 3 is 1.22 bits per heavy atom. The van der Waals surface area contributed by atoms with Gasteiger partial charge in [0.25, 0.3) is 0 Å². The SMILES string of the molecule is CC/C=C\C/C=C\C/C=C\C/C=C\C/C=C\C/C=C\C/C=C\C/C=C\CCCCCCCCCCCCC(=O)NC(COC1OC(CO)C(OC2OC(CO)C(OC3OC(CO)C(O)C(O)C3O)C(O)C2O)C(O)C1O)C(O)/C=C/CC/C=C/CCCCCCCC. The fourth-order valence-corrected chi connectivity index (χ4v) is 10.9. The maximum Gasteiger partial charge on any atom is 0.220 e. The molecule has 0 radical (unpaired) electrons. The van der Waals surface area contributed by atoms with Gasteiger partial charge in [0.05, 0.1) is 38.6 Å². The molecule has 0 bridgehead atoms. The van der Waals surface area contributed by atoms with Crippen LogP contribution in [0.15, 0.2) is 122 Å². The summed E-state index contributed by atoms with van der Waals surface area (Å²) in [6, 6.07) is -0.999. The first-order chi connectivity index (χ1) is 44.8. The van der Waals surface area contributed by atoms with E-state index in [1.807, 2.05) is 6.08 Å². The molecular weight excluding hydrogens is 1180 g/mol. The molecule has 526 valence electrons. The minimum Gasteiger partial charge on any atom is -0.394 e. The number of aliphatic hydroxyl groups is 11. The van der Waals surface area contributed by atoms with E-state index in [0.29, 0.717) is 12.8 Å². The van der Waals surface area contributed by atoms with E-state index >= 15 is 0 Å². The first-order valence-corrected chi connectivity index (χ1v) is 34.8. The maximum atomic E-state index is 13.4. The number of carbonyl (C=O) groups excluding carboxylic acids is 1. The quantitative estimate of drug-likeness (QED) is 0.0199. The van der Waals surface area contributed by atoms with Crippen LogP contribution in [0.1, 0.15) is 200 Å². The summed E-state index contributed by atoms with van der Waals surface area (Å²) < 4.78 is 34.3. The molecule has 0 aliphatic carbocycles. The molecule has 17 unspecified atom stereocenters. The van der Waals surface area contributed by atoms with Gasteiger partial charge in [0.15, 0.2) is 18.9 Å². The molecule has 0 aromatic rings. The number of aliphatic hydroxyl groups excluding tert-OH is 11. The summed E-state index contributed by atoms with van der Waals surface area (Å²) in [5.41, 5.74) is 0. The van der Waals surface area contributed by atoms with Crippen LogP contribution < -0.4 is 5.32 Å². The predicted molar refractivity (Wildman–Crippen MR) is 360 cm³/mol. The van der Waals surface area contributed by atoms with Gasteiger partial charge in [0.2, 0.25) is 5.91 Å². The van der Waals surface area contributed by atoms with Gasteiger partial charge in [0.1, 0.15) is 73.2 Å². The molecule has 0 spiro atoms. The highest BCUT2D eigenvalue weighted by molar-refractivity contribution is 5.76. The number of nitrogens with one attached hydrogen (secondary N) is 1. The van der Waals surface area contributed by atoms with Crippen molar-refractivity contribution in [3.05, 3.63) is 122 Å². The van der Waals surface area contributed by atoms with Crippen LogP contribution in [0.3, 0.4) is 0 Å². The topological polar surface area (TPSA) is 307 Å². The molecule has 1 amide bonds. The number of hydrogen-bond donors (Lipinski definition) is 12. The average Bonchev–Trinajstić information content (AvgIpc) is 0.830. The lowest BCUT2D eigenvalue weighted by molar-refractivity contribution is -0.379. The molecule has 3 heterocycles. The Labute approximate surface area is 550 Å². The molecule has 3 fully saturated rings. The van der Waals surface area contributed by atoms with Gasteiger partial charge in [-0.15, -0.1) is 0 Å². The lowest BCUT2D eigenvalue weighted by atomic mass is 9.96. The van der Waals surface area contributed by atoms with Gasteiger partial charge in [-0.3, -0.25) is 4.79 Å². The van der Waals surface area contributed by atoms with E-state index < -0.39 is 124 Å². The maximum absolute atomic E-state index is 13.4.